The summed E-state index contributed by atoms with van der Waals surface area (Å²) < 4.78 is 5.15. The molecule has 0 aliphatic rings. The summed E-state index contributed by atoms with van der Waals surface area (Å²) in [6.45, 7) is 7.45. The summed E-state index contributed by atoms with van der Waals surface area (Å²) in [4.78, 5) is 15.9. The smallest absolute Gasteiger partial charge is 0.426 e. The maximum atomic E-state index is 11.6. The van der Waals surface area contributed by atoms with Gasteiger partial charge in [0.15, 0.2) is 0 Å². The average molecular weight is 273 g/mol. The molecule has 20 heavy (non-hydrogen) atoms. The third-order valence-electron chi connectivity index (χ3n) is 2.64. The molecule has 1 aromatic carbocycles. The number of amides is 1. The highest BCUT2D eigenvalue weighted by molar-refractivity contribution is 5.85. The highest BCUT2D eigenvalue weighted by Crippen LogP contribution is 2.21. The summed E-state index contributed by atoms with van der Waals surface area (Å²) in [5.41, 5.74) is 7.55. The predicted molar refractivity (Wildman–Crippen MR) is 79.5 cm³/mol. The van der Waals surface area contributed by atoms with E-state index in [0.29, 0.717) is 0 Å². The van der Waals surface area contributed by atoms with E-state index in [9.17, 15) is 4.79 Å². The van der Waals surface area contributed by atoms with Crippen LogP contribution in [-0.2, 0) is 4.74 Å². The summed E-state index contributed by atoms with van der Waals surface area (Å²) in [7, 11) is 0. The molecule has 0 bridgehead atoms. The van der Waals surface area contributed by atoms with E-state index in [0.717, 1.165) is 22.2 Å². The molecular formula is C15H19N3O2. The maximum Gasteiger partial charge on any atom is 0.426 e. The Kier molecular flexibility index (Phi) is 3.79. The first kappa shape index (κ1) is 14.1. The van der Waals surface area contributed by atoms with Crippen LogP contribution < -0.4 is 10.9 Å². The van der Waals surface area contributed by atoms with Crippen LogP contribution in [0.1, 0.15) is 26.3 Å². The molecule has 2 rings (SSSR count). The van der Waals surface area contributed by atoms with Crippen molar-refractivity contribution in [3.63, 3.8) is 0 Å². The lowest BCUT2D eigenvalue weighted by atomic mass is 10.1. The summed E-state index contributed by atoms with van der Waals surface area (Å²) in [6.07, 6.45) is 1.23. The second kappa shape index (κ2) is 5.36. The van der Waals surface area contributed by atoms with E-state index in [-0.39, 0.29) is 0 Å². The molecule has 5 nitrogen and oxygen atoms in total. The molecule has 2 aromatic rings. The Hall–Kier alpha value is -2.30. The fraction of sp³-hybridized carbons (Fsp3) is 0.333. The number of fused-ring (bicyclic) bond motifs is 1. The van der Waals surface area contributed by atoms with Crippen molar-refractivity contribution in [3.8, 4) is 0 Å². The normalized spacial score (nSPS) is 11.2. The second-order valence-corrected chi connectivity index (χ2v) is 5.62. The van der Waals surface area contributed by atoms with Gasteiger partial charge in [0.1, 0.15) is 5.60 Å². The van der Waals surface area contributed by atoms with Crippen molar-refractivity contribution in [2.24, 2.45) is 0 Å². The van der Waals surface area contributed by atoms with Crippen LogP contribution in [0.4, 0.5) is 10.5 Å². The van der Waals surface area contributed by atoms with Crippen LogP contribution in [0.15, 0.2) is 30.5 Å². The number of hydrazine groups is 1. The van der Waals surface area contributed by atoms with Crippen LogP contribution in [0.25, 0.3) is 10.9 Å². The van der Waals surface area contributed by atoms with E-state index in [1.807, 2.05) is 52.0 Å². The second-order valence-electron chi connectivity index (χ2n) is 5.62. The van der Waals surface area contributed by atoms with Crippen molar-refractivity contribution >= 4 is 22.7 Å². The summed E-state index contributed by atoms with van der Waals surface area (Å²) in [5.74, 6) is 0. The third kappa shape index (κ3) is 3.60. The number of benzene rings is 1. The number of hydrogen-bond donors (Lipinski definition) is 2. The molecule has 106 valence electrons. The zero-order valence-electron chi connectivity index (χ0n) is 12.2. The van der Waals surface area contributed by atoms with Crippen molar-refractivity contribution in [2.45, 2.75) is 33.3 Å². The van der Waals surface area contributed by atoms with Crippen molar-refractivity contribution in [1.29, 1.82) is 0 Å². The van der Waals surface area contributed by atoms with Crippen molar-refractivity contribution < 1.29 is 9.53 Å². The molecule has 0 spiro atoms. The van der Waals surface area contributed by atoms with Gasteiger partial charge in [-0.2, -0.15) is 0 Å². The topological polar surface area (TPSA) is 63.2 Å². The Bertz CT molecular complexity index is 633. The van der Waals surface area contributed by atoms with E-state index in [1.165, 1.54) is 0 Å². The summed E-state index contributed by atoms with van der Waals surface area (Å²) in [6, 6.07) is 7.74. The lowest BCUT2D eigenvalue weighted by Gasteiger charge is -2.20. The zero-order valence-corrected chi connectivity index (χ0v) is 12.2. The average Bonchev–Trinajstić information content (AvgIpc) is 2.34. The quantitative estimate of drug-likeness (QED) is 0.823. The number of aryl methyl sites for hydroxylation is 1. The van der Waals surface area contributed by atoms with Crippen LogP contribution in [0, 0.1) is 6.92 Å². The molecule has 1 aromatic heterocycles. The minimum Gasteiger partial charge on any atom is -0.443 e. The van der Waals surface area contributed by atoms with Gasteiger partial charge in [-0.25, -0.2) is 10.2 Å². The van der Waals surface area contributed by atoms with Gasteiger partial charge in [0.05, 0.1) is 11.2 Å². The van der Waals surface area contributed by atoms with Crippen molar-refractivity contribution in [1.82, 2.24) is 10.4 Å². The van der Waals surface area contributed by atoms with E-state index in [2.05, 4.69) is 15.8 Å². The fourth-order valence-corrected chi connectivity index (χ4v) is 1.86. The molecule has 0 unspecified atom stereocenters. The van der Waals surface area contributed by atoms with Crippen molar-refractivity contribution in [2.75, 3.05) is 5.43 Å². The number of ether oxygens (including phenoxy) is 1. The van der Waals surface area contributed by atoms with Crippen molar-refractivity contribution in [3.05, 3.63) is 36.0 Å². The monoisotopic (exact) mass is 273 g/mol. The number of nitrogens with zero attached hydrogens (tertiary/aromatic N) is 1. The Morgan fingerprint density at radius 3 is 2.75 bits per heavy atom. The van der Waals surface area contributed by atoms with Gasteiger partial charge >= 0.3 is 6.09 Å². The van der Waals surface area contributed by atoms with E-state index in [4.69, 9.17) is 4.74 Å². The summed E-state index contributed by atoms with van der Waals surface area (Å²) in [5, 5.41) is 1.09. The van der Waals surface area contributed by atoms with Gasteiger partial charge in [-0.1, -0.05) is 6.07 Å². The highest BCUT2D eigenvalue weighted by Gasteiger charge is 2.15. The van der Waals surface area contributed by atoms with Gasteiger partial charge < -0.3 is 4.74 Å². The number of anilines is 1. The highest BCUT2D eigenvalue weighted by atomic mass is 16.6. The van der Waals surface area contributed by atoms with Gasteiger partial charge in [0.25, 0.3) is 0 Å². The Balaban J connectivity index is 2.09. The Labute approximate surface area is 118 Å². The maximum absolute atomic E-state index is 11.6. The number of pyridine rings is 1. The number of carbonyl (C=O) groups is 1. The molecule has 0 aliphatic heterocycles. The molecule has 0 aliphatic carbocycles. The molecule has 2 N–H and O–H groups in total. The molecule has 0 radical (unpaired) electrons. The van der Waals surface area contributed by atoms with Crippen LogP contribution in [-0.4, -0.2) is 16.7 Å². The van der Waals surface area contributed by atoms with Gasteiger partial charge in [-0.15, -0.1) is 0 Å². The van der Waals surface area contributed by atoms with Crippen LogP contribution in [0.2, 0.25) is 0 Å². The number of nitrogens with one attached hydrogen (secondary N) is 2. The van der Waals surface area contributed by atoms with Crippen LogP contribution in [0.3, 0.4) is 0 Å². The zero-order chi connectivity index (χ0) is 14.8. The van der Waals surface area contributed by atoms with Crippen LogP contribution in [0.5, 0.6) is 0 Å². The molecule has 0 saturated heterocycles. The van der Waals surface area contributed by atoms with E-state index < -0.39 is 11.7 Å². The minimum absolute atomic E-state index is 0.517. The third-order valence-corrected chi connectivity index (χ3v) is 2.64. The Morgan fingerprint density at radius 2 is 2.05 bits per heavy atom. The number of aromatic nitrogens is 1. The predicted octanol–water partition coefficient (Wildman–Crippen LogP) is 3.39. The number of hydrogen-bond acceptors (Lipinski definition) is 4. The molecule has 0 fully saturated rings. The first-order valence-electron chi connectivity index (χ1n) is 6.45. The van der Waals surface area contributed by atoms with Gasteiger partial charge in [-0.3, -0.25) is 10.4 Å². The van der Waals surface area contributed by atoms with Crippen LogP contribution >= 0.6 is 0 Å². The number of carbonyl (C=O) groups excluding carboxylic acids is 1. The van der Waals surface area contributed by atoms with Gasteiger partial charge in [0, 0.05) is 11.6 Å². The SMILES string of the molecule is Cc1cc(NNC(=O)OC(C)(C)C)cc2ncccc12. The molecule has 0 saturated carbocycles. The largest absolute Gasteiger partial charge is 0.443 e. The fourth-order valence-electron chi connectivity index (χ4n) is 1.86. The Morgan fingerprint density at radius 1 is 1.30 bits per heavy atom. The first-order chi connectivity index (χ1) is 9.35. The molecule has 5 heteroatoms. The number of rotatable bonds is 2. The first-order valence-corrected chi connectivity index (χ1v) is 6.45. The van der Waals surface area contributed by atoms with Gasteiger partial charge in [-0.05, 0) is 51.5 Å². The lowest BCUT2D eigenvalue weighted by Crippen LogP contribution is -2.35. The molecular weight excluding hydrogens is 254 g/mol. The summed E-state index contributed by atoms with van der Waals surface area (Å²) >= 11 is 0. The lowest BCUT2D eigenvalue weighted by molar-refractivity contribution is 0.0541. The molecule has 1 heterocycles. The van der Waals surface area contributed by atoms with E-state index in [1.54, 1.807) is 6.20 Å². The molecule has 0 atom stereocenters. The van der Waals surface area contributed by atoms with E-state index >= 15 is 0 Å². The molecule has 1 amide bonds. The standard InChI is InChI=1S/C15H19N3O2/c1-10-8-11(9-13-12(10)6-5-7-16-13)17-18-14(19)20-15(2,3)4/h5-9,17H,1-4H3,(H,18,19). The van der Waals surface area contributed by atoms with Gasteiger partial charge in [0.2, 0.25) is 0 Å². The minimum atomic E-state index is -0.521.